The third-order valence-corrected chi connectivity index (χ3v) is 2.45. The average molecular weight is 423 g/mol. The van der Waals surface area contributed by atoms with Crippen LogP contribution in [0.25, 0.3) is 0 Å². The Bertz CT molecular complexity index is 425. The van der Waals surface area contributed by atoms with Crippen LogP contribution in [-0.2, 0) is 9.47 Å². The Kier molecular flexibility index (Phi) is 11.9. The van der Waals surface area contributed by atoms with Crippen LogP contribution in [0.15, 0.2) is 29.3 Å². The van der Waals surface area contributed by atoms with Crippen molar-refractivity contribution in [1.82, 2.24) is 0 Å². The van der Waals surface area contributed by atoms with Gasteiger partial charge in [-0.05, 0) is 38.1 Å². The van der Waals surface area contributed by atoms with Crippen molar-refractivity contribution in [3.05, 3.63) is 24.3 Å². The van der Waals surface area contributed by atoms with E-state index in [0.717, 1.165) is 11.4 Å². The monoisotopic (exact) mass is 423 g/mol. The average Bonchev–Trinajstić information content (AvgIpc) is 2.44. The van der Waals surface area contributed by atoms with E-state index in [4.69, 9.17) is 19.9 Å². The van der Waals surface area contributed by atoms with Gasteiger partial charge in [0.15, 0.2) is 5.96 Å². The van der Waals surface area contributed by atoms with Gasteiger partial charge in [-0.25, -0.2) is 0 Å². The van der Waals surface area contributed by atoms with Gasteiger partial charge in [-0.2, -0.15) is 0 Å². The number of guanidine groups is 1. The van der Waals surface area contributed by atoms with Crippen LogP contribution >= 0.6 is 24.0 Å². The fourth-order valence-corrected chi connectivity index (χ4v) is 1.55. The number of aliphatic imine (C=N–C) groups is 1. The maximum atomic E-state index is 5.79. The van der Waals surface area contributed by atoms with Crippen molar-refractivity contribution in [2.45, 2.75) is 20.0 Å². The fourth-order valence-electron chi connectivity index (χ4n) is 1.55. The van der Waals surface area contributed by atoms with Crippen LogP contribution in [0.4, 0.5) is 5.69 Å². The molecule has 1 rings (SSSR count). The molecule has 0 spiro atoms. The quantitative estimate of drug-likeness (QED) is 0.276. The first-order valence-electron chi connectivity index (χ1n) is 7.02. The normalized spacial score (nSPS) is 11.2. The summed E-state index contributed by atoms with van der Waals surface area (Å²) >= 11 is 0. The number of nitrogens with one attached hydrogen (secondary N) is 1. The molecule has 0 saturated carbocycles. The number of methoxy groups -OCH3 is 1. The minimum Gasteiger partial charge on any atom is -0.491 e. The van der Waals surface area contributed by atoms with E-state index in [2.05, 4.69) is 10.3 Å². The standard InChI is InChI=1S/C15H25N3O3.HI/c1-12(2)21-14-6-4-13(5-7-14)18-15(16)17-8-9-20-11-10-19-3;/h4-7,12H,8-11H2,1-3H3,(H3,16,17,18);1H. The van der Waals surface area contributed by atoms with Gasteiger partial charge in [0.25, 0.3) is 0 Å². The van der Waals surface area contributed by atoms with Crippen molar-refractivity contribution >= 4 is 35.6 Å². The second kappa shape index (κ2) is 12.5. The second-order valence-electron chi connectivity index (χ2n) is 4.69. The highest BCUT2D eigenvalue weighted by Gasteiger charge is 1.99. The van der Waals surface area contributed by atoms with Crippen molar-refractivity contribution in [3.8, 4) is 5.75 Å². The summed E-state index contributed by atoms with van der Waals surface area (Å²) in [7, 11) is 1.64. The fraction of sp³-hybridized carbons (Fsp3) is 0.533. The summed E-state index contributed by atoms with van der Waals surface area (Å²) < 4.78 is 15.7. The van der Waals surface area contributed by atoms with Gasteiger partial charge in [0.05, 0.1) is 32.5 Å². The molecule has 0 aromatic heterocycles. The van der Waals surface area contributed by atoms with Crippen molar-refractivity contribution < 1.29 is 14.2 Å². The predicted octanol–water partition coefficient (Wildman–Crippen LogP) is 2.48. The topological polar surface area (TPSA) is 78.1 Å². The summed E-state index contributed by atoms with van der Waals surface area (Å²) in [5.74, 6) is 1.19. The van der Waals surface area contributed by atoms with Gasteiger partial charge < -0.3 is 25.3 Å². The zero-order chi connectivity index (χ0) is 15.5. The molecular formula is C15H26IN3O3. The van der Waals surface area contributed by atoms with Crippen LogP contribution in [0.5, 0.6) is 5.75 Å². The number of nitrogens with two attached hydrogens (primary N) is 1. The highest BCUT2D eigenvalue weighted by atomic mass is 127. The van der Waals surface area contributed by atoms with Crippen molar-refractivity contribution in [3.63, 3.8) is 0 Å². The Morgan fingerprint density at radius 3 is 2.45 bits per heavy atom. The first-order chi connectivity index (χ1) is 10.1. The number of halogens is 1. The number of rotatable bonds is 9. The lowest BCUT2D eigenvalue weighted by molar-refractivity contribution is 0.0748. The molecule has 22 heavy (non-hydrogen) atoms. The van der Waals surface area contributed by atoms with Crippen LogP contribution < -0.4 is 15.8 Å². The molecule has 126 valence electrons. The van der Waals surface area contributed by atoms with Crippen LogP contribution in [0.2, 0.25) is 0 Å². The SMILES string of the molecule is COCCOCCN=C(N)Nc1ccc(OC(C)C)cc1.I. The molecule has 0 amide bonds. The molecule has 0 aliphatic rings. The maximum Gasteiger partial charge on any atom is 0.193 e. The number of anilines is 1. The molecule has 0 saturated heterocycles. The summed E-state index contributed by atoms with van der Waals surface area (Å²) in [6.07, 6.45) is 0.161. The third kappa shape index (κ3) is 9.80. The molecule has 0 aliphatic heterocycles. The lowest BCUT2D eigenvalue weighted by Crippen LogP contribution is -2.23. The van der Waals surface area contributed by atoms with E-state index in [9.17, 15) is 0 Å². The lowest BCUT2D eigenvalue weighted by atomic mass is 10.3. The first kappa shape index (κ1) is 20.9. The third-order valence-electron chi connectivity index (χ3n) is 2.45. The molecule has 1 aromatic carbocycles. The Balaban J connectivity index is 0.00000441. The molecule has 0 fully saturated rings. The van der Waals surface area contributed by atoms with Crippen molar-refractivity contribution in [2.75, 3.05) is 38.8 Å². The Hall–Kier alpha value is -1.06. The highest BCUT2D eigenvalue weighted by Crippen LogP contribution is 2.16. The molecule has 0 atom stereocenters. The first-order valence-corrected chi connectivity index (χ1v) is 7.02. The summed E-state index contributed by atoms with van der Waals surface area (Å²) in [5, 5.41) is 3.02. The van der Waals surface area contributed by atoms with E-state index in [1.165, 1.54) is 0 Å². The molecule has 0 aliphatic carbocycles. The zero-order valence-electron chi connectivity index (χ0n) is 13.4. The van der Waals surface area contributed by atoms with Gasteiger partial charge in [-0.15, -0.1) is 24.0 Å². The van der Waals surface area contributed by atoms with Crippen LogP contribution in [0.3, 0.4) is 0 Å². The van der Waals surface area contributed by atoms with Crippen LogP contribution in [0.1, 0.15) is 13.8 Å². The van der Waals surface area contributed by atoms with E-state index >= 15 is 0 Å². The molecule has 0 bridgehead atoms. The summed E-state index contributed by atoms with van der Waals surface area (Å²) in [6.45, 7) is 6.17. The lowest BCUT2D eigenvalue weighted by Gasteiger charge is -2.11. The molecule has 6 nitrogen and oxygen atoms in total. The summed E-state index contributed by atoms with van der Waals surface area (Å²) in [6, 6.07) is 7.58. The molecule has 0 heterocycles. The zero-order valence-corrected chi connectivity index (χ0v) is 15.7. The van der Waals surface area contributed by atoms with E-state index < -0.39 is 0 Å². The Morgan fingerprint density at radius 2 is 1.86 bits per heavy atom. The molecular weight excluding hydrogens is 397 g/mol. The molecule has 3 N–H and O–H groups in total. The predicted molar refractivity (Wildman–Crippen MR) is 100 cm³/mol. The molecule has 1 aromatic rings. The number of benzene rings is 1. The number of nitrogens with zero attached hydrogens (tertiary/aromatic N) is 1. The summed E-state index contributed by atoms with van der Waals surface area (Å²) in [5.41, 5.74) is 6.66. The molecule has 0 radical (unpaired) electrons. The van der Waals surface area contributed by atoms with Gasteiger partial charge in [-0.3, -0.25) is 4.99 Å². The van der Waals surface area contributed by atoms with Gasteiger partial charge in [0.1, 0.15) is 5.75 Å². The second-order valence-corrected chi connectivity index (χ2v) is 4.69. The maximum absolute atomic E-state index is 5.79. The smallest absolute Gasteiger partial charge is 0.193 e. The minimum atomic E-state index is 0. The number of hydrogen-bond acceptors (Lipinski definition) is 4. The largest absolute Gasteiger partial charge is 0.491 e. The number of ether oxygens (including phenoxy) is 3. The van der Waals surface area contributed by atoms with Crippen molar-refractivity contribution in [2.24, 2.45) is 10.7 Å². The van der Waals surface area contributed by atoms with E-state index in [1.807, 2.05) is 38.1 Å². The summed E-state index contributed by atoms with van der Waals surface area (Å²) in [4.78, 5) is 4.17. The van der Waals surface area contributed by atoms with Gasteiger partial charge in [0, 0.05) is 12.8 Å². The van der Waals surface area contributed by atoms with E-state index in [1.54, 1.807) is 7.11 Å². The van der Waals surface area contributed by atoms with Crippen LogP contribution in [0, 0.1) is 0 Å². The molecule has 0 unspecified atom stereocenters. The Morgan fingerprint density at radius 1 is 1.18 bits per heavy atom. The van der Waals surface area contributed by atoms with Gasteiger partial charge in [0.2, 0.25) is 0 Å². The minimum absolute atomic E-state index is 0. The number of hydrogen-bond donors (Lipinski definition) is 2. The van der Waals surface area contributed by atoms with Gasteiger partial charge in [-0.1, -0.05) is 0 Å². The molecule has 7 heteroatoms. The van der Waals surface area contributed by atoms with E-state index in [0.29, 0.717) is 32.3 Å². The van der Waals surface area contributed by atoms with Crippen LogP contribution in [-0.4, -0.2) is 45.5 Å². The van der Waals surface area contributed by atoms with Gasteiger partial charge >= 0.3 is 0 Å². The van der Waals surface area contributed by atoms with E-state index in [-0.39, 0.29) is 30.1 Å². The Labute approximate surface area is 149 Å². The van der Waals surface area contributed by atoms with Crippen molar-refractivity contribution in [1.29, 1.82) is 0 Å². The highest BCUT2D eigenvalue weighted by molar-refractivity contribution is 14.0.